The summed E-state index contributed by atoms with van der Waals surface area (Å²) in [5.74, 6) is 0. The molecule has 0 aliphatic heterocycles. The molecular weight excluding hydrogens is 374 g/mol. The van der Waals surface area contributed by atoms with E-state index in [1.807, 2.05) is 61.0 Å². The van der Waals surface area contributed by atoms with Crippen molar-refractivity contribution in [3.8, 4) is 11.3 Å². The number of aromatic nitrogens is 2. The number of rotatable bonds is 4. The first-order chi connectivity index (χ1) is 14.5. The first-order valence-corrected chi connectivity index (χ1v) is 9.72. The van der Waals surface area contributed by atoms with Crippen LogP contribution in [0.4, 0.5) is 10.5 Å². The van der Waals surface area contributed by atoms with Crippen LogP contribution in [0.1, 0.15) is 22.3 Å². The fourth-order valence-electron chi connectivity index (χ4n) is 3.27. The zero-order valence-corrected chi connectivity index (χ0v) is 17.2. The molecule has 4 rings (SSSR count). The average Bonchev–Trinajstić information content (AvgIpc) is 3.15. The number of anilines is 1. The highest BCUT2D eigenvalue weighted by Crippen LogP contribution is 2.20. The largest absolute Gasteiger partial charge is 0.339 e. The van der Waals surface area contributed by atoms with Gasteiger partial charge in [0.1, 0.15) is 5.65 Å². The predicted octanol–water partition coefficient (Wildman–Crippen LogP) is 5.08. The van der Waals surface area contributed by atoms with Crippen molar-refractivity contribution in [1.82, 2.24) is 14.8 Å². The van der Waals surface area contributed by atoms with Crippen LogP contribution in [0, 0.1) is 20.8 Å². The maximum absolute atomic E-state index is 12.2. The minimum absolute atomic E-state index is 0.381. The number of carbonyl (C=O) groups excluding carboxylic acids is 1. The molecule has 0 saturated heterocycles. The number of nitrogens with zero attached hydrogens (tertiary/aromatic N) is 3. The molecule has 150 valence electrons. The zero-order chi connectivity index (χ0) is 21.1. The Morgan fingerprint density at radius 2 is 1.70 bits per heavy atom. The third-order valence-electron chi connectivity index (χ3n) is 4.92. The SMILES string of the molecule is Cc1ccc(-c2cn3cc(/C=N/NC(=O)Nc4c(C)cccc4C)ccc3n2)cc1. The smallest absolute Gasteiger partial charge is 0.306 e. The molecule has 0 aliphatic rings. The van der Waals surface area contributed by atoms with Gasteiger partial charge in [0.15, 0.2) is 0 Å². The van der Waals surface area contributed by atoms with Gasteiger partial charge in [-0.2, -0.15) is 5.10 Å². The van der Waals surface area contributed by atoms with Gasteiger partial charge in [-0.3, -0.25) is 0 Å². The number of hydrogen-bond acceptors (Lipinski definition) is 3. The van der Waals surface area contributed by atoms with Gasteiger partial charge in [-0.1, -0.05) is 48.0 Å². The van der Waals surface area contributed by atoms with E-state index in [4.69, 9.17) is 0 Å². The lowest BCUT2D eigenvalue weighted by Crippen LogP contribution is -2.25. The Hall–Kier alpha value is -3.93. The van der Waals surface area contributed by atoms with Gasteiger partial charge < -0.3 is 9.72 Å². The summed E-state index contributed by atoms with van der Waals surface area (Å²) in [5.41, 5.74) is 10.2. The second-order valence-corrected chi connectivity index (χ2v) is 7.31. The van der Waals surface area contributed by atoms with Crippen LogP contribution in [0.2, 0.25) is 0 Å². The second kappa shape index (κ2) is 8.21. The highest BCUT2D eigenvalue weighted by Gasteiger charge is 2.06. The quantitative estimate of drug-likeness (QED) is 0.372. The van der Waals surface area contributed by atoms with Crippen LogP contribution < -0.4 is 10.7 Å². The number of hydrogen-bond donors (Lipinski definition) is 2. The summed E-state index contributed by atoms with van der Waals surface area (Å²) in [6, 6.07) is 17.6. The number of nitrogens with one attached hydrogen (secondary N) is 2. The zero-order valence-electron chi connectivity index (χ0n) is 17.2. The van der Waals surface area contributed by atoms with Crippen molar-refractivity contribution in [1.29, 1.82) is 0 Å². The minimum atomic E-state index is -0.381. The summed E-state index contributed by atoms with van der Waals surface area (Å²) in [6.07, 6.45) is 5.52. The van der Waals surface area contributed by atoms with Crippen LogP contribution in [-0.4, -0.2) is 21.6 Å². The molecule has 0 atom stereocenters. The Kier molecular flexibility index (Phi) is 5.30. The van der Waals surface area contributed by atoms with E-state index in [9.17, 15) is 4.79 Å². The normalized spacial score (nSPS) is 11.2. The van der Waals surface area contributed by atoms with E-state index < -0.39 is 0 Å². The Labute approximate surface area is 175 Å². The maximum atomic E-state index is 12.2. The maximum Gasteiger partial charge on any atom is 0.339 e. The molecule has 4 aromatic rings. The summed E-state index contributed by atoms with van der Waals surface area (Å²) in [4.78, 5) is 16.8. The van der Waals surface area contributed by atoms with Crippen LogP contribution >= 0.6 is 0 Å². The Balaban J connectivity index is 1.45. The fourth-order valence-corrected chi connectivity index (χ4v) is 3.27. The number of pyridine rings is 1. The van der Waals surface area contributed by atoms with Crippen molar-refractivity contribution in [2.24, 2.45) is 5.10 Å². The van der Waals surface area contributed by atoms with E-state index in [1.54, 1.807) is 6.21 Å². The molecule has 0 unspecified atom stereocenters. The molecule has 2 N–H and O–H groups in total. The Morgan fingerprint density at radius 1 is 0.967 bits per heavy atom. The molecule has 0 bridgehead atoms. The number of aryl methyl sites for hydroxylation is 3. The molecule has 0 aliphatic carbocycles. The third-order valence-corrected chi connectivity index (χ3v) is 4.92. The Bertz CT molecular complexity index is 1220. The van der Waals surface area contributed by atoms with Gasteiger partial charge in [0.2, 0.25) is 0 Å². The van der Waals surface area contributed by atoms with Gasteiger partial charge >= 0.3 is 6.03 Å². The fraction of sp³-hybridized carbons (Fsp3) is 0.125. The summed E-state index contributed by atoms with van der Waals surface area (Å²) in [6.45, 7) is 5.98. The molecule has 0 fully saturated rings. The topological polar surface area (TPSA) is 70.8 Å². The average molecular weight is 397 g/mol. The molecule has 6 heteroatoms. The van der Waals surface area contributed by atoms with E-state index in [0.29, 0.717) is 0 Å². The number of benzene rings is 2. The molecule has 0 spiro atoms. The molecule has 2 amide bonds. The van der Waals surface area contributed by atoms with Crippen LogP contribution in [0.5, 0.6) is 0 Å². The van der Waals surface area contributed by atoms with Crippen molar-refractivity contribution in [2.45, 2.75) is 20.8 Å². The number of carbonyl (C=O) groups is 1. The molecule has 2 aromatic carbocycles. The number of urea groups is 1. The van der Waals surface area contributed by atoms with E-state index >= 15 is 0 Å². The van der Waals surface area contributed by atoms with E-state index in [2.05, 4.69) is 52.0 Å². The number of amides is 2. The predicted molar refractivity (Wildman–Crippen MR) is 121 cm³/mol. The van der Waals surface area contributed by atoms with Crippen LogP contribution in [-0.2, 0) is 0 Å². The molecule has 30 heavy (non-hydrogen) atoms. The first kappa shape index (κ1) is 19.4. The van der Waals surface area contributed by atoms with Crippen molar-refractivity contribution >= 4 is 23.6 Å². The molecule has 2 heterocycles. The van der Waals surface area contributed by atoms with Gasteiger partial charge in [0, 0.05) is 29.2 Å². The summed E-state index contributed by atoms with van der Waals surface area (Å²) < 4.78 is 1.95. The molecular formula is C24H23N5O. The highest BCUT2D eigenvalue weighted by atomic mass is 16.2. The van der Waals surface area contributed by atoms with Gasteiger partial charge in [-0.15, -0.1) is 0 Å². The van der Waals surface area contributed by atoms with Crippen molar-refractivity contribution < 1.29 is 4.79 Å². The lowest BCUT2D eigenvalue weighted by Gasteiger charge is -2.10. The molecule has 2 aromatic heterocycles. The first-order valence-electron chi connectivity index (χ1n) is 9.72. The van der Waals surface area contributed by atoms with E-state index in [-0.39, 0.29) is 6.03 Å². The van der Waals surface area contributed by atoms with Crippen molar-refractivity contribution in [3.63, 3.8) is 0 Å². The van der Waals surface area contributed by atoms with Crippen molar-refractivity contribution in [2.75, 3.05) is 5.32 Å². The monoisotopic (exact) mass is 397 g/mol. The van der Waals surface area contributed by atoms with Crippen LogP contribution in [0.15, 0.2) is 72.1 Å². The van der Waals surface area contributed by atoms with Gasteiger partial charge in [0.05, 0.1) is 11.9 Å². The third kappa shape index (κ3) is 4.22. The number of imidazole rings is 1. The van der Waals surface area contributed by atoms with Crippen LogP contribution in [0.25, 0.3) is 16.9 Å². The highest BCUT2D eigenvalue weighted by molar-refractivity contribution is 5.91. The van der Waals surface area contributed by atoms with Gasteiger partial charge in [0.25, 0.3) is 0 Å². The molecule has 0 saturated carbocycles. The number of para-hydroxylation sites is 1. The standard InChI is InChI=1S/C24H23N5O/c1-16-7-10-20(11-8-16)21-15-29-14-19(9-12-22(29)26-21)13-25-28-24(30)27-23-17(2)5-4-6-18(23)3/h4-15H,1-3H3,(H2,27,28,30)/b25-13+. The van der Waals surface area contributed by atoms with Gasteiger partial charge in [-0.25, -0.2) is 15.2 Å². The lowest BCUT2D eigenvalue weighted by atomic mass is 10.1. The summed E-state index contributed by atoms with van der Waals surface area (Å²) in [7, 11) is 0. The second-order valence-electron chi connectivity index (χ2n) is 7.31. The number of hydrazone groups is 1. The summed E-state index contributed by atoms with van der Waals surface area (Å²) >= 11 is 0. The van der Waals surface area contributed by atoms with Crippen LogP contribution in [0.3, 0.4) is 0 Å². The Morgan fingerprint density at radius 3 is 2.43 bits per heavy atom. The number of fused-ring (bicyclic) bond motifs is 1. The van der Waals surface area contributed by atoms with Crippen molar-refractivity contribution in [3.05, 3.63) is 89.2 Å². The van der Waals surface area contributed by atoms with E-state index in [1.165, 1.54) is 5.56 Å². The summed E-state index contributed by atoms with van der Waals surface area (Å²) in [5, 5.41) is 6.90. The minimum Gasteiger partial charge on any atom is -0.306 e. The van der Waals surface area contributed by atoms with Gasteiger partial charge in [-0.05, 0) is 44.0 Å². The molecule has 0 radical (unpaired) electrons. The van der Waals surface area contributed by atoms with E-state index in [0.717, 1.165) is 39.3 Å². The molecule has 6 nitrogen and oxygen atoms in total. The lowest BCUT2D eigenvalue weighted by molar-refractivity contribution is 0.252.